The number of anilines is 1. The molecule has 0 spiro atoms. The largest absolute Gasteiger partial charge is 0.349 e. The second-order valence-corrected chi connectivity index (χ2v) is 9.18. The molecule has 0 heterocycles. The summed E-state index contributed by atoms with van der Waals surface area (Å²) in [5.41, 5.74) is 1.88. The Bertz CT molecular complexity index is 691. The van der Waals surface area contributed by atoms with Crippen molar-refractivity contribution in [2.75, 3.05) is 19.4 Å². The Hall–Kier alpha value is -1.95. The van der Waals surface area contributed by atoms with Gasteiger partial charge in [0.05, 0.1) is 0 Å². The number of hydrogen-bond donors (Lipinski definition) is 2. The number of rotatable bonds is 16. The molecule has 1 rings (SSSR count). The van der Waals surface area contributed by atoms with Crippen LogP contribution in [0, 0.1) is 0 Å². The first-order chi connectivity index (χ1) is 15.4. The van der Waals surface area contributed by atoms with Crippen LogP contribution < -0.4 is 10.6 Å². The predicted octanol–water partition coefficient (Wildman–Crippen LogP) is 6.22. The fraction of sp³-hybridized carbons (Fsp3) is 0.654. The lowest BCUT2D eigenvalue weighted by molar-refractivity contribution is -0.128. The van der Waals surface area contributed by atoms with E-state index in [0.717, 1.165) is 24.1 Å². The first kappa shape index (κ1) is 28.1. The third kappa shape index (κ3) is 14.2. The smallest absolute Gasteiger partial charge is 0.226 e. The molecule has 0 bridgehead atoms. The van der Waals surface area contributed by atoms with Gasteiger partial charge in [-0.05, 0) is 42.8 Å². The minimum Gasteiger partial charge on any atom is -0.349 e. The van der Waals surface area contributed by atoms with E-state index in [1.54, 1.807) is 19.0 Å². The number of unbranched alkanes of at least 4 members (excludes halogenated alkanes) is 10. The highest BCUT2D eigenvalue weighted by Gasteiger charge is 2.07. The summed E-state index contributed by atoms with van der Waals surface area (Å²) < 4.78 is 0. The molecule has 0 saturated carbocycles. The third-order valence-electron chi connectivity index (χ3n) is 5.57. The Morgan fingerprint density at radius 1 is 0.875 bits per heavy atom. The molecule has 180 valence electrons. The first-order valence-corrected chi connectivity index (χ1v) is 12.7. The Morgan fingerprint density at radius 3 is 2.06 bits per heavy atom. The van der Waals surface area contributed by atoms with E-state index in [0.29, 0.717) is 24.4 Å². The molecule has 0 aliphatic carbocycles. The van der Waals surface area contributed by atoms with Crippen molar-refractivity contribution in [3.8, 4) is 0 Å². The van der Waals surface area contributed by atoms with Crippen molar-refractivity contribution >= 4 is 34.8 Å². The van der Waals surface area contributed by atoms with E-state index in [2.05, 4.69) is 17.6 Å². The van der Waals surface area contributed by atoms with Crippen molar-refractivity contribution in [3.63, 3.8) is 0 Å². The molecular formula is C26H43N3O2S. The summed E-state index contributed by atoms with van der Waals surface area (Å²) in [7, 11) is 3.52. The lowest BCUT2D eigenvalue weighted by Crippen LogP contribution is -2.33. The zero-order valence-corrected chi connectivity index (χ0v) is 21.2. The van der Waals surface area contributed by atoms with Crippen LogP contribution in [0.25, 0.3) is 0 Å². The molecule has 0 aliphatic heterocycles. The van der Waals surface area contributed by atoms with Crippen LogP contribution in [0.1, 0.15) is 96.0 Å². The van der Waals surface area contributed by atoms with E-state index in [1.165, 1.54) is 57.8 Å². The van der Waals surface area contributed by atoms with E-state index in [9.17, 15) is 9.59 Å². The van der Waals surface area contributed by atoms with Crippen LogP contribution in [0.15, 0.2) is 24.3 Å². The number of amides is 2. The van der Waals surface area contributed by atoms with Gasteiger partial charge in [0.25, 0.3) is 0 Å². The summed E-state index contributed by atoms with van der Waals surface area (Å²) in [6.07, 6.45) is 15.6. The molecule has 2 amide bonds. The van der Waals surface area contributed by atoms with Gasteiger partial charge >= 0.3 is 0 Å². The molecule has 6 heteroatoms. The van der Waals surface area contributed by atoms with Gasteiger partial charge < -0.3 is 15.5 Å². The van der Waals surface area contributed by atoms with Crippen molar-refractivity contribution < 1.29 is 9.59 Å². The molecule has 1 aromatic carbocycles. The molecule has 5 nitrogen and oxygen atoms in total. The molecular weight excluding hydrogens is 418 g/mol. The van der Waals surface area contributed by atoms with Gasteiger partial charge in [-0.3, -0.25) is 9.59 Å². The quantitative estimate of drug-likeness (QED) is 0.226. The van der Waals surface area contributed by atoms with Gasteiger partial charge in [0.2, 0.25) is 11.8 Å². The van der Waals surface area contributed by atoms with Crippen molar-refractivity contribution in [2.24, 2.45) is 0 Å². The van der Waals surface area contributed by atoms with Gasteiger partial charge in [-0.2, -0.15) is 0 Å². The zero-order valence-electron chi connectivity index (χ0n) is 20.4. The summed E-state index contributed by atoms with van der Waals surface area (Å²) in [6.45, 7) is 2.25. The molecule has 32 heavy (non-hydrogen) atoms. The Balaban J connectivity index is 2.14. The van der Waals surface area contributed by atoms with Gasteiger partial charge in [0.15, 0.2) is 5.11 Å². The summed E-state index contributed by atoms with van der Waals surface area (Å²) in [5, 5.41) is 6.16. The van der Waals surface area contributed by atoms with Crippen LogP contribution in [0.2, 0.25) is 0 Å². The summed E-state index contributed by atoms with van der Waals surface area (Å²) >= 11 is 5.28. The van der Waals surface area contributed by atoms with Crippen molar-refractivity contribution in [2.45, 2.75) is 96.8 Å². The SMILES string of the molecule is CCCCCCCCCCCCCC(=O)NC(=S)Nc1cccc(CCC(=O)N(C)C)c1. The Morgan fingerprint density at radius 2 is 1.47 bits per heavy atom. The highest BCUT2D eigenvalue weighted by Crippen LogP contribution is 2.14. The van der Waals surface area contributed by atoms with E-state index in [4.69, 9.17) is 12.2 Å². The fourth-order valence-electron chi connectivity index (χ4n) is 3.58. The molecule has 0 radical (unpaired) electrons. The van der Waals surface area contributed by atoms with Crippen molar-refractivity contribution in [3.05, 3.63) is 29.8 Å². The maximum absolute atomic E-state index is 12.1. The summed E-state index contributed by atoms with van der Waals surface area (Å²) in [6, 6.07) is 7.78. The Labute approximate surface area is 200 Å². The van der Waals surface area contributed by atoms with E-state index < -0.39 is 0 Å². The van der Waals surface area contributed by atoms with Gasteiger partial charge in [-0.25, -0.2) is 0 Å². The minimum absolute atomic E-state index is 0.0360. The highest BCUT2D eigenvalue weighted by atomic mass is 32.1. The molecule has 0 aliphatic rings. The van der Waals surface area contributed by atoms with Crippen LogP contribution in [-0.4, -0.2) is 35.9 Å². The fourth-order valence-corrected chi connectivity index (χ4v) is 3.81. The van der Waals surface area contributed by atoms with E-state index in [1.807, 2.05) is 24.3 Å². The normalized spacial score (nSPS) is 10.6. The van der Waals surface area contributed by atoms with Gasteiger partial charge in [-0.15, -0.1) is 0 Å². The van der Waals surface area contributed by atoms with Crippen molar-refractivity contribution in [1.82, 2.24) is 10.2 Å². The zero-order chi connectivity index (χ0) is 23.6. The minimum atomic E-state index is -0.0360. The summed E-state index contributed by atoms with van der Waals surface area (Å²) in [5.74, 6) is 0.0692. The van der Waals surface area contributed by atoms with Crippen LogP contribution in [0.4, 0.5) is 5.69 Å². The third-order valence-corrected chi connectivity index (χ3v) is 5.78. The topological polar surface area (TPSA) is 61.4 Å². The van der Waals surface area contributed by atoms with Crippen LogP contribution in [0.5, 0.6) is 0 Å². The van der Waals surface area contributed by atoms with Crippen molar-refractivity contribution in [1.29, 1.82) is 0 Å². The van der Waals surface area contributed by atoms with Gasteiger partial charge in [0.1, 0.15) is 0 Å². The number of carbonyl (C=O) groups is 2. The maximum atomic E-state index is 12.1. The number of thiocarbonyl (C=S) groups is 1. The number of aryl methyl sites for hydroxylation is 1. The maximum Gasteiger partial charge on any atom is 0.226 e. The van der Waals surface area contributed by atoms with E-state index >= 15 is 0 Å². The highest BCUT2D eigenvalue weighted by molar-refractivity contribution is 7.80. The molecule has 2 N–H and O–H groups in total. The Kier molecular flexibility index (Phi) is 15.4. The number of nitrogens with one attached hydrogen (secondary N) is 2. The molecule has 0 unspecified atom stereocenters. The number of benzene rings is 1. The number of carbonyl (C=O) groups excluding carboxylic acids is 2. The standard InChI is InChI=1S/C26H43N3O2S/c1-4-5-6-7-8-9-10-11-12-13-14-18-24(30)28-26(32)27-23-17-15-16-22(21-23)19-20-25(31)29(2)3/h15-17,21H,4-14,18-20H2,1-3H3,(H2,27,28,30,32). The average Bonchev–Trinajstić information content (AvgIpc) is 2.75. The van der Waals surface area contributed by atoms with Crippen LogP contribution in [0.3, 0.4) is 0 Å². The molecule has 1 aromatic rings. The average molecular weight is 462 g/mol. The van der Waals surface area contributed by atoms with Gasteiger partial charge in [-0.1, -0.05) is 83.3 Å². The first-order valence-electron chi connectivity index (χ1n) is 12.3. The summed E-state index contributed by atoms with van der Waals surface area (Å²) in [4.78, 5) is 25.5. The molecule has 0 fully saturated rings. The second-order valence-electron chi connectivity index (χ2n) is 8.78. The lowest BCUT2D eigenvalue weighted by Gasteiger charge is -2.12. The lowest BCUT2D eigenvalue weighted by atomic mass is 10.1. The van der Waals surface area contributed by atoms with Crippen LogP contribution >= 0.6 is 12.2 Å². The molecule has 0 atom stereocenters. The monoisotopic (exact) mass is 461 g/mol. The second kappa shape index (κ2) is 17.6. The van der Waals surface area contributed by atoms with E-state index in [-0.39, 0.29) is 11.8 Å². The predicted molar refractivity (Wildman–Crippen MR) is 139 cm³/mol. The molecule has 0 saturated heterocycles. The number of nitrogens with zero attached hydrogens (tertiary/aromatic N) is 1. The van der Waals surface area contributed by atoms with Crippen LogP contribution in [-0.2, 0) is 16.0 Å². The number of hydrogen-bond acceptors (Lipinski definition) is 3. The molecule has 0 aromatic heterocycles. The van der Waals surface area contributed by atoms with Gasteiger partial charge in [0, 0.05) is 32.6 Å².